The Bertz CT molecular complexity index is 739. The molecule has 1 amide bonds. The molecule has 1 aliphatic heterocycles. The zero-order chi connectivity index (χ0) is 18.0. The van der Waals surface area contributed by atoms with E-state index in [-0.39, 0.29) is 24.7 Å². The number of sulfonamides is 1. The van der Waals surface area contributed by atoms with Gasteiger partial charge in [0.1, 0.15) is 0 Å². The van der Waals surface area contributed by atoms with Gasteiger partial charge in [0.2, 0.25) is 22.7 Å². The molecular weight excluding hydrogens is 344 g/mol. The van der Waals surface area contributed by atoms with Crippen LogP contribution >= 0.6 is 0 Å². The van der Waals surface area contributed by atoms with Crippen LogP contribution in [0.25, 0.3) is 0 Å². The highest BCUT2D eigenvalue weighted by Crippen LogP contribution is 2.34. The molecule has 1 saturated carbocycles. The Morgan fingerprint density at radius 2 is 1.80 bits per heavy atom. The first-order valence-corrected chi connectivity index (χ1v) is 10.1. The van der Waals surface area contributed by atoms with Gasteiger partial charge in [-0.25, -0.2) is 13.1 Å². The molecule has 0 atom stereocenters. The Hall–Kier alpha value is -1.80. The molecule has 3 rings (SSSR count). The van der Waals surface area contributed by atoms with Gasteiger partial charge in [0, 0.05) is 23.7 Å². The summed E-state index contributed by atoms with van der Waals surface area (Å²) in [6, 6.07) is 5.23. The number of rotatable bonds is 5. The van der Waals surface area contributed by atoms with Crippen LogP contribution < -0.4 is 19.5 Å². The Morgan fingerprint density at radius 3 is 2.48 bits per heavy atom. The third kappa shape index (κ3) is 4.24. The standard InChI is InChI=1S/C17H24N2O5S/c1-11(2)25(21,22)19-13-5-3-12(4-6-13)17(20)18-14-7-8-15-16(9-14)24-10-23-15/h7-9,11-13,19H,3-6,10H2,1-2H3,(H,18,20). The number of nitrogens with one attached hydrogen (secondary N) is 2. The summed E-state index contributed by atoms with van der Waals surface area (Å²) in [5, 5.41) is 2.46. The maximum absolute atomic E-state index is 12.4. The Kier molecular flexibility index (Phi) is 5.19. The molecule has 1 aliphatic carbocycles. The second-order valence-electron chi connectivity index (χ2n) is 6.82. The van der Waals surface area contributed by atoms with E-state index in [2.05, 4.69) is 10.0 Å². The van der Waals surface area contributed by atoms with E-state index in [0.29, 0.717) is 42.9 Å². The number of hydrogen-bond donors (Lipinski definition) is 2. The van der Waals surface area contributed by atoms with E-state index < -0.39 is 15.3 Å². The third-order valence-corrected chi connectivity index (χ3v) is 6.59. The van der Waals surface area contributed by atoms with Gasteiger partial charge in [-0.2, -0.15) is 0 Å². The van der Waals surface area contributed by atoms with Crippen molar-refractivity contribution in [1.29, 1.82) is 0 Å². The first-order chi connectivity index (χ1) is 11.8. The molecular formula is C17H24N2O5S. The fraction of sp³-hybridized carbons (Fsp3) is 0.588. The molecule has 0 bridgehead atoms. The van der Waals surface area contributed by atoms with Crippen molar-refractivity contribution < 1.29 is 22.7 Å². The van der Waals surface area contributed by atoms with Crippen molar-refractivity contribution in [3.8, 4) is 11.5 Å². The molecule has 1 fully saturated rings. The highest BCUT2D eigenvalue weighted by atomic mass is 32.2. The van der Waals surface area contributed by atoms with E-state index in [1.54, 1.807) is 32.0 Å². The van der Waals surface area contributed by atoms with Crippen LogP contribution in [0, 0.1) is 5.92 Å². The van der Waals surface area contributed by atoms with Crippen LogP contribution in [0.5, 0.6) is 11.5 Å². The summed E-state index contributed by atoms with van der Waals surface area (Å²) in [6.07, 6.45) is 2.68. The molecule has 1 heterocycles. The predicted molar refractivity (Wildman–Crippen MR) is 94.1 cm³/mol. The highest BCUT2D eigenvalue weighted by Gasteiger charge is 2.29. The summed E-state index contributed by atoms with van der Waals surface area (Å²) < 4.78 is 37.2. The predicted octanol–water partition coefficient (Wildman–Crippen LogP) is 2.24. The van der Waals surface area contributed by atoms with Crippen LogP contribution in [0.2, 0.25) is 0 Å². The van der Waals surface area contributed by atoms with Gasteiger partial charge in [-0.15, -0.1) is 0 Å². The zero-order valence-electron chi connectivity index (χ0n) is 14.4. The molecule has 0 saturated heterocycles. The van der Waals surface area contributed by atoms with Gasteiger partial charge in [0.25, 0.3) is 0 Å². The number of carbonyl (C=O) groups is 1. The lowest BCUT2D eigenvalue weighted by molar-refractivity contribution is -0.120. The van der Waals surface area contributed by atoms with Crippen LogP contribution in [0.3, 0.4) is 0 Å². The molecule has 8 heteroatoms. The first-order valence-electron chi connectivity index (χ1n) is 8.57. The number of carbonyl (C=O) groups excluding carboxylic acids is 1. The number of amides is 1. The summed E-state index contributed by atoms with van der Waals surface area (Å²) in [7, 11) is -3.27. The molecule has 1 aromatic carbocycles. The number of fused-ring (bicyclic) bond motifs is 1. The topological polar surface area (TPSA) is 93.7 Å². The van der Waals surface area contributed by atoms with E-state index in [1.165, 1.54) is 0 Å². The quantitative estimate of drug-likeness (QED) is 0.831. The molecule has 1 aromatic rings. The Balaban J connectivity index is 1.52. The highest BCUT2D eigenvalue weighted by molar-refractivity contribution is 7.90. The summed E-state index contributed by atoms with van der Waals surface area (Å²) in [5.41, 5.74) is 0.678. The van der Waals surface area contributed by atoms with Crippen LogP contribution in [-0.2, 0) is 14.8 Å². The molecule has 138 valence electrons. The van der Waals surface area contributed by atoms with Crippen LogP contribution in [0.1, 0.15) is 39.5 Å². The fourth-order valence-electron chi connectivity index (χ4n) is 3.06. The van der Waals surface area contributed by atoms with Crippen LogP contribution in [0.15, 0.2) is 18.2 Å². The van der Waals surface area contributed by atoms with Crippen molar-refractivity contribution in [2.45, 2.75) is 50.8 Å². The minimum atomic E-state index is -3.27. The van der Waals surface area contributed by atoms with Crippen molar-refractivity contribution >= 4 is 21.6 Å². The normalized spacial score (nSPS) is 22.8. The van der Waals surface area contributed by atoms with Gasteiger partial charge >= 0.3 is 0 Å². The van der Waals surface area contributed by atoms with Crippen molar-refractivity contribution in [3.05, 3.63) is 18.2 Å². The fourth-order valence-corrected chi connectivity index (χ4v) is 4.03. The number of ether oxygens (including phenoxy) is 2. The lowest BCUT2D eigenvalue weighted by atomic mass is 9.86. The van der Waals surface area contributed by atoms with E-state index in [9.17, 15) is 13.2 Å². The number of anilines is 1. The SMILES string of the molecule is CC(C)S(=O)(=O)NC1CCC(C(=O)Nc2ccc3c(c2)OCO3)CC1. The second-order valence-corrected chi connectivity index (χ2v) is 9.09. The average molecular weight is 368 g/mol. The van der Waals surface area contributed by atoms with E-state index >= 15 is 0 Å². The van der Waals surface area contributed by atoms with Crippen molar-refractivity contribution in [2.24, 2.45) is 5.92 Å². The smallest absolute Gasteiger partial charge is 0.231 e. The Morgan fingerprint density at radius 1 is 1.12 bits per heavy atom. The molecule has 0 spiro atoms. The second kappa shape index (κ2) is 7.21. The Labute approximate surface area is 148 Å². The number of hydrogen-bond acceptors (Lipinski definition) is 5. The number of benzene rings is 1. The molecule has 0 aromatic heterocycles. The van der Waals surface area contributed by atoms with E-state index in [1.807, 2.05) is 0 Å². The molecule has 25 heavy (non-hydrogen) atoms. The molecule has 7 nitrogen and oxygen atoms in total. The molecule has 0 radical (unpaired) electrons. The third-order valence-electron chi connectivity index (χ3n) is 4.69. The molecule has 2 N–H and O–H groups in total. The summed E-state index contributed by atoms with van der Waals surface area (Å²) in [4.78, 5) is 12.4. The monoisotopic (exact) mass is 368 g/mol. The van der Waals surface area contributed by atoms with Gasteiger partial charge in [0.05, 0.1) is 5.25 Å². The van der Waals surface area contributed by atoms with Crippen molar-refractivity contribution in [2.75, 3.05) is 12.1 Å². The minimum absolute atomic E-state index is 0.0379. The maximum Gasteiger partial charge on any atom is 0.231 e. The zero-order valence-corrected chi connectivity index (χ0v) is 15.3. The largest absolute Gasteiger partial charge is 0.454 e. The van der Waals surface area contributed by atoms with Gasteiger partial charge in [-0.3, -0.25) is 4.79 Å². The van der Waals surface area contributed by atoms with Crippen molar-refractivity contribution in [1.82, 2.24) is 4.72 Å². The average Bonchev–Trinajstić information content (AvgIpc) is 3.02. The molecule has 0 unspecified atom stereocenters. The summed E-state index contributed by atoms with van der Waals surface area (Å²) >= 11 is 0. The van der Waals surface area contributed by atoms with Gasteiger partial charge in [0.15, 0.2) is 11.5 Å². The lowest BCUT2D eigenvalue weighted by Gasteiger charge is -2.28. The molecule has 2 aliphatic rings. The van der Waals surface area contributed by atoms with Gasteiger partial charge < -0.3 is 14.8 Å². The van der Waals surface area contributed by atoms with Crippen molar-refractivity contribution in [3.63, 3.8) is 0 Å². The first kappa shape index (κ1) is 18.0. The summed E-state index contributed by atoms with van der Waals surface area (Å²) in [6.45, 7) is 3.52. The van der Waals surface area contributed by atoms with Crippen LogP contribution in [-0.4, -0.2) is 32.4 Å². The van der Waals surface area contributed by atoms with Gasteiger partial charge in [-0.1, -0.05) is 0 Å². The van der Waals surface area contributed by atoms with E-state index in [4.69, 9.17) is 9.47 Å². The lowest BCUT2D eigenvalue weighted by Crippen LogP contribution is -2.42. The minimum Gasteiger partial charge on any atom is -0.454 e. The summed E-state index contributed by atoms with van der Waals surface area (Å²) in [5.74, 6) is 1.16. The maximum atomic E-state index is 12.4. The van der Waals surface area contributed by atoms with Gasteiger partial charge in [-0.05, 0) is 51.7 Å². The van der Waals surface area contributed by atoms with E-state index in [0.717, 1.165) is 0 Å². The van der Waals surface area contributed by atoms with Crippen LogP contribution in [0.4, 0.5) is 5.69 Å².